The monoisotopic (exact) mass is 212 g/mol. The Bertz CT molecular complexity index is 306. The molecular weight excluding hydrogens is 200 g/mol. The van der Waals surface area contributed by atoms with Crippen molar-refractivity contribution in [3.8, 4) is 0 Å². The van der Waals surface area contributed by atoms with E-state index in [1.54, 1.807) is 0 Å². The molecule has 2 rings (SSSR count). The summed E-state index contributed by atoms with van der Waals surface area (Å²) in [4.78, 5) is 34.8. The van der Waals surface area contributed by atoms with Crippen LogP contribution in [-0.4, -0.2) is 47.4 Å². The number of carbonyl (C=O) groups excluding carboxylic acids is 2. The van der Waals surface area contributed by atoms with Crippen LogP contribution in [0.1, 0.15) is 6.42 Å². The minimum Gasteiger partial charge on any atom is -0.481 e. The summed E-state index contributed by atoms with van der Waals surface area (Å²) in [5.74, 6) is -1.84. The highest BCUT2D eigenvalue weighted by atomic mass is 16.4. The maximum absolute atomic E-state index is 11.3. The van der Waals surface area contributed by atoms with E-state index in [0.29, 0.717) is 19.6 Å². The van der Waals surface area contributed by atoms with Crippen LogP contribution in [0.25, 0.3) is 0 Å². The van der Waals surface area contributed by atoms with Crippen LogP contribution in [-0.2, 0) is 14.4 Å². The van der Waals surface area contributed by atoms with Gasteiger partial charge in [0, 0.05) is 19.6 Å². The second kappa shape index (κ2) is 3.62. The van der Waals surface area contributed by atoms with Crippen LogP contribution < -0.4 is 5.32 Å². The molecule has 2 heterocycles. The third-order valence-corrected chi connectivity index (χ3v) is 2.96. The van der Waals surface area contributed by atoms with E-state index in [2.05, 4.69) is 5.32 Å². The molecule has 0 spiro atoms. The molecule has 2 N–H and O–H groups in total. The van der Waals surface area contributed by atoms with Crippen molar-refractivity contribution in [1.82, 2.24) is 10.2 Å². The summed E-state index contributed by atoms with van der Waals surface area (Å²) >= 11 is 0. The van der Waals surface area contributed by atoms with Crippen LogP contribution in [0.3, 0.4) is 0 Å². The third kappa shape index (κ3) is 1.85. The van der Waals surface area contributed by atoms with Crippen molar-refractivity contribution in [2.24, 2.45) is 11.8 Å². The lowest BCUT2D eigenvalue weighted by atomic mass is 10.00. The Hall–Kier alpha value is -1.43. The van der Waals surface area contributed by atoms with Gasteiger partial charge in [0.2, 0.25) is 11.8 Å². The summed E-state index contributed by atoms with van der Waals surface area (Å²) in [5.41, 5.74) is 0. The number of carbonyl (C=O) groups is 3. The van der Waals surface area contributed by atoms with Crippen molar-refractivity contribution < 1.29 is 19.5 Å². The summed E-state index contributed by atoms with van der Waals surface area (Å²) in [7, 11) is 0. The molecular formula is C9H12N2O4. The topological polar surface area (TPSA) is 86.7 Å². The van der Waals surface area contributed by atoms with Gasteiger partial charge in [0.25, 0.3) is 0 Å². The van der Waals surface area contributed by atoms with Gasteiger partial charge in [-0.2, -0.15) is 0 Å². The van der Waals surface area contributed by atoms with Gasteiger partial charge in [-0.1, -0.05) is 0 Å². The molecule has 0 aromatic heterocycles. The predicted molar refractivity (Wildman–Crippen MR) is 48.8 cm³/mol. The number of fused-ring (bicyclic) bond motifs is 1. The maximum atomic E-state index is 11.3. The summed E-state index contributed by atoms with van der Waals surface area (Å²) in [6, 6.07) is 0. The SMILES string of the molecule is O=C(O)CCN1C[C@@H]2C(=O)NC(=O)[C@H]2C1. The second-order valence-corrected chi connectivity index (χ2v) is 3.97. The van der Waals surface area contributed by atoms with Gasteiger partial charge in [-0.05, 0) is 0 Å². The van der Waals surface area contributed by atoms with Gasteiger partial charge in [0.15, 0.2) is 0 Å². The largest absolute Gasteiger partial charge is 0.481 e. The van der Waals surface area contributed by atoms with Gasteiger partial charge in [0.1, 0.15) is 0 Å². The van der Waals surface area contributed by atoms with Crippen LogP contribution in [0.5, 0.6) is 0 Å². The van der Waals surface area contributed by atoms with Gasteiger partial charge in [-0.3, -0.25) is 19.7 Å². The van der Waals surface area contributed by atoms with Crippen LogP contribution in [0.4, 0.5) is 0 Å². The Morgan fingerprint density at radius 3 is 2.33 bits per heavy atom. The van der Waals surface area contributed by atoms with Gasteiger partial charge in [-0.15, -0.1) is 0 Å². The molecule has 2 atom stereocenters. The lowest BCUT2D eigenvalue weighted by Crippen LogP contribution is -2.32. The van der Waals surface area contributed by atoms with E-state index in [1.807, 2.05) is 4.90 Å². The Balaban J connectivity index is 1.92. The lowest BCUT2D eigenvalue weighted by molar-refractivity contribution is -0.137. The minimum atomic E-state index is -0.858. The first-order valence-electron chi connectivity index (χ1n) is 4.87. The van der Waals surface area contributed by atoms with Crippen molar-refractivity contribution in [3.63, 3.8) is 0 Å². The average molecular weight is 212 g/mol. The fourth-order valence-electron chi connectivity index (χ4n) is 2.16. The molecule has 0 radical (unpaired) electrons. The summed E-state index contributed by atoms with van der Waals surface area (Å²) in [5, 5.41) is 10.8. The van der Waals surface area contributed by atoms with Gasteiger partial charge in [0.05, 0.1) is 18.3 Å². The van der Waals surface area contributed by atoms with E-state index in [4.69, 9.17) is 5.11 Å². The summed E-state index contributed by atoms with van der Waals surface area (Å²) < 4.78 is 0. The van der Waals surface area contributed by atoms with Crippen molar-refractivity contribution in [1.29, 1.82) is 0 Å². The molecule has 0 aliphatic carbocycles. The Morgan fingerprint density at radius 1 is 1.33 bits per heavy atom. The zero-order chi connectivity index (χ0) is 11.0. The number of aliphatic carboxylic acids is 1. The van der Waals surface area contributed by atoms with Gasteiger partial charge >= 0.3 is 5.97 Å². The Labute approximate surface area is 86.2 Å². The standard InChI is InChI=1S/C9H12N2O4/c12-7(13)1-2-11-3-5-6(4-11)9(15)10-8(5)14/h5-6H,1-4H2,(H,12,13)(H,10,14,15)/t5-,6-/m0/s1. The molecule has 2 amide bonds. The number of hydrogen-bond donors (Lipinski definition) is 2. The molecule has 15 heavy (non-hydrogen) atoms. The van der Waals surface area contributed by atoms with E-state index in [1.165, 1.54) is 0 Å². The van der Waals surface area contributed by atoms with E-state index in [-0.39, 0.29) is 30.1 Å². The van der Waals surface area contributed by atoms with E-state index >= 15 is 0 Å². The first kappa shape index (κ1) is 10.1. The maximum Gasteiger partial charge on any atom is 0.304 e. The van der Waals surface area contributed by atoms with E-state index in [0.717, 1.165) is 0 Å². The number of hydrogen-bond acceptors (Lipinski definition) is 4. The zero-order valence-corrected chi connectivity index (χ0v) is 8.10. The molecule has 6 heteroatoms. The van der Waals surface area contributed by atoms with Crippen LogP contribution in [0, 0.1) is 11.8 Å². The third-order valence-electron chi connectivity index (χ3n) is 2.96. The van der Waals surface area contributed by atoms with E-state index < -0.39 is 5.97 Å². The summed E-state index contributed by atoms with van der Waals surface area (Å²) in [6.45, 7) is 1.40. The normalized spacial score (nSPS) is 30.4. The number of carboxylic acids is 1. The highest BCUT2D eigenvalue weighted by Gasteiger charge is 2.47. The second-order valence-electron chi connectivity index (χ2n) is 3.97. The van der Waals surface area contributed by atoms with Crippen molar-refractivity contribution in [3.05, 3.63) is 0 Å². The molecule has 2 saturated heterocycles. The van der Waals surface area contributed by atoms with Crippen LogP contribution in [0.15, 0.2) is 0 Å². The smallest absolute Gasteiger partial charge is 0.304 e. The molecule has 82 valence electrons. The fourth-order valence-corrected chi connectivity index (χ4v) is 2.16. The molecule has 0 unspecified atom stereocenters. The van der Waals surface area contributed by atoms with Crippen molar-refractivity contribution >= 4 is 17.8 Å². The van der Waals surface area contributed by atoms with E-state index in [9.17, 15) is 14.4 Å². The highest BCUT2D eigenvalue weighted by Crippen LogP contribution is 2.28. The lowest BCUT2D eigenvalue weighted by Gasteiger charge is -2.14. The first-order valence-corrected chi connectivity index (χ1v) is 4.87. The van der Waals surface area contributed by atoms with Gasteiger partial charge in [-0.25, -0.2) is 0 Å². The average Bonchev–Trinajstić information content (AvgIpc) is 2.66. The predicted octanol–water partition coefficient (Wildman–Crippen LogP) is -1.33. The van der Waals surface area contributed by atoms with Crippen LogP contribution >= 0.6 is 0 Å². The molecule has 0 bridgehead atoms. The molecule has 0 saturated carbocycles. The number of amides is 2. The minimum absolute atomic E-state index is 0.0508. The Kier molecular flexibility index (Phi) is 2.44. The number of nitrogens with zero attached hydrogens (tertiary/aromatic N) is 1. The van der Waals surface area contributed by atoms with Crippen LogP contribution in [0.2, 0.25) is 0 Å². The number of likely N-dealkylation sites (tertiary alicyclic amines) is 1. The Morgan fingerprint density at radius 2 is 1.87 bits per heavy atom. The molecule has 0 aromatic carbocycles. The number of imide groups is 1. The number of carboxylic acid groups (broad SMARTS) is 1. The summed E-state index contributed by atoms with van der Waals surface area (Å²) in [6.07, 6.45) is 0.0508. The zero-order valence-electron chi connectivity index (χ0n) is 8.10. The van der Waals surface area contributed by atoms with Crippen molar-refractivity contribution in [2.75, 3.05) is 19.6 Å². The molecule has 0 aromatic rings. The molecule has 2 fully saturated rings. The first-order chi connectivity index (χ1) is 7.08. The fraction of sp³-hybridized carbons (Fsp3) is 0.667. The number of nitrogens with one attached hydrogen (secondary N) is 1. The quantitative estimate of drug-likeness (QED) is 0.566. The molecule has 2 aliphatic rings. The van der Waals surface area contributed by atoms with Gasteiger partial charge < -0.3 is 10.0 Å². The van der Waals surface area contributed by atoms with Crippen molar-refractivity contribution in [2.45, 2.75) is 6.42 Å². The molecule has 6 nitrogen and oxygen atoms in total. The molecule has 2 aliphatic heterocycles. The highest BCUT2D eigenvalue weighted by molar-refractivity contribution is 6.05. The number of rotatable bonds is 3.